The molecule has 0 aliphatic carbocycles. The first-order chi connectivity index (χ1) is 13.6. The van der Waals surface area contributed by atoms with Crippen LogP contribution in [0.15, 0.2) is 66.7 Å². The number of carbonyl (C=O) groups is 1. The summed E-state index contributed by atoms with van der Waals surface area (Å²) < 4.78 is 5.65. The van der Waals surface area contributed by atoms with Crippen LogP contribution in [0.4, 0.5) is 5.69 Å². The van der Waals surface area contributed by atoms with Crippen LogP contribution in [0.1, 0.15) is 11.1 Å². The van der Waals surface area contributed by atoms with Gasteiger partial charge in [0.05, 0.1) is 11.0 Å². The number of ether oxygens (including phenoxy) is 1. The van der Waals surface area contributed by atoms with E-state index in [1.807, 2.05) is 80.6 Å². The topological polar surface area (TPSA) is 67.0 Å². The molecule has 2 N–H and O–H groups in total. The quantitative estimate of drug-likeness (QED) is 0.526. The fourth-order valence-electron chi connectivity index (χ4n) is 3.14. The van der Waals surface area contributed by atoms with Gasteiger partial charge >= 0.3 is 0 Å². The van der Waals surface area contributed by atoms with Crippen LogP contribution in [0.25, 0.3) is 22.4 Å². The molecule has 28 heavy (non-hydrogen) atoms. The van der Waals surface area contributed by atoms with E-state index in [0.29, 0.717) is 5.69 Å². The van der Waals surface area contributed by atoms with Crippen molar-refractivity contribution in [2.75, 3.05) is 11.9 Å². The minimum atomic E-state index is -0.207. The van der Waals surface area contributed by atoms with E-state index in [2.05, 4.69) is 15.3 Å². The number of imidazole rings is 1. The third-order valence-corrected chi connectivity index (χ3v) is 4.50. The zero-order valence-corrected chi connectivity index (χ0v) is 15.8. The monoisotopic (exact) mass is 371 g/mol. The standard InChI is InChI=1S/C23H21N3O2/c1-15-10-11-21(16(2)12-15)28-14-22(27)24-18-7-5-6-17(13-18)23-25-19-8-3-4-9-20(19)26-23/h3-13H,14H2,1-2H3,(H,24,27)(H,25,26). The number of anilines is 1. The fourth-order valence-corrected chi connectivity index (χ4v) is 3.14. The first-order valence-corrected chi connectivity index (χ1v) is 9.13. The molecule has 4 aromatic rings. The predicted octanol–water partition coefficient (Wildman–Crippen LogP) is 4.86. The van der Waals surface area contributed by atoms with Crippen LogP contribution in [0.3, 0.4) is 0 Å². The Labute approximate surface area is 163 Å². The number of aryl methyl sites for hydroxylation is 2. The summed E-state index contributed by atoms with van der Waals surface area (Å²) in [6.07, 6.45) is 0. The molecule has 0 saturated carbocycles. The lowest BCUT2D eigenvalue weighted by atomic mass is 10.1. The predicted molar refractivity (Wildman–Crippen MR) is 112 cm³/mol. The van der Waals surface area contributed by atoms with Gasteiger partial charge in [-0.2, -0.15) is 0 Å². The molecule has 0 radical (unpaired) electrons. The van der Waals surface area contributed by atoms with E-state index in [9.17, 15) is 4.79 Å². The Morgan fingerprint density at radius 2 is 1.89 bits per heavy atom. The van der Waals surface area contributed by atoms with Crippen LogP contribution >= 0.6 is 0 Å². The van der Waals surface area contributed by atoms with Gasteiger partial charge in [-0.05, 0) is 49.7 Å². The third-order valence-electron chi connectivity index (χ3n) is 4.50. The Kier molecular flexibility index (Phi) is 4.81. The van der Waals surface area contributed by atoms with Gasteiger partial charge in [0.2, 0.25) is 0 Å². The van der Waals surface area contributed by atoms with E-state index >= 15 is 0 Å². The Morgan fingerprint density at radius 1 is 1.04 bits per heavy atom. The average Bonchev–Trinajstić information content (AvgIpc) is 3.12. The molecular formula is C23H21N3O2. The summed E-state index contributed by atoms with van der Waals surface area (Å²) in [5.41, 5.74) is 5.68. The van der Waals surface area contributed by atoms with Gasteiger partial charge in [0.1, 0.15) is 11.6 Å². The van der Waals surface area contributed by atoms with E-state index in [0.717, 1.165) is 39.3 Å². The molecule has 5 heteroatoms. The number of nitrogens with zero attached hydrogens (tertiary/aromatic N) is 1. The average molecular weight is 371 g/mol. The Morgan fingerprint density at radius 3 is 2.71 bits per heavy atom. The maximum Gasteiger partial charge on any atom is 0.262 e. The molecule has 0 fully saturated rings. The molecule has 1 amide bonds. The lowest BCUT2D eigenvalue weighted by Crippen LogP contribution is -2.20. The third kappa shape index (κ3) is 3.88. The highest BCUT2D eigenvalue weighted by Gasteiger charge is 2.09. The number of hydrogen-bond acceptors (Lipinski definition) is 3. The molecule has 5 nitrogen and oxygen atoms in total. The highest BCUT2D eigenvalue weighted by molar-refractivity contribution is 5.92. The van der Waals surface area contributed by atoms with Crippen LogP contribution in [-0.4, -0.2) is 22.5 Å². The minimum Gasteiger partial charge on any atom is -0.483 e. The van der Waals surface area contributed by atoms with E-state index in [-0.39, 0.29) is 12.5 Å². The number of aromatic nitrogens is 2. The molecule has 0 aliphatic rings. The summed E-state index contributed by atoms with van der Waals surface area (Å²) in [6, 6.07) is 21.4. The van der Waals surface area contributed by atoms with E-state index in [4.69, 9.17) is 4.74 Å². The molecule has 0 saturated heterocycles. The normalized spacial score (nSPS) is 10.8. The van der Waals surface area contributed by atoms with Gasteiger partial charge in [0.15, 0.2) is 6.61 Å². The maximum absolute atomic E-state index is 12.3. The Hall–Kier alpha value is -3.60. The summed E-state index contributed by atoms with van der Waals surface area (Å²) in [5.74, 6) is 1.28. The molecule has 0 aliphatic heterocycles. The number of hydrogen-bond donors (Lipinski definition) is 2. The van der Waals surface area contributed by atoms with Gasteiger partial charge < -0.3 is 15.0 Å². The molecule has 0 bridgehead atoms. The molecular weight excluding hydrogens is 350 g/mol. The second-order valence-corrected chi connectivity index (χ2v) is 6.79. The second kappa shape index (κ2) is 7.56. The van der Waals surface area contributed by atoms with Crippen molar-refractivity contribution < 1.29 is 9.53 Å². The number of carbonyl (C=O) groups excluding carboxylic acids is 1. The van der Waals surface area contributed by atoms with E-state index in [1.165, 1.54) is 0 Å². The van der Waals surface area contributed by atoms with Crippen molar-refractivity contribution in [3.63, 3.8) is 0 Å². The smallest absolute Gasteiger partial charge is 0.262 e. The van der Waals surface area contributed by atoms with Gasteiger partial charge in [-0.3, -0.25) is 4.79 Å². The highest BCUT2D eigenvalue weighted by Crippen LogP contribution is 2.23. The number of benzene rings is 3. The van der Waals surface area contributed by atoms with Crippen LogP contribution in [0.2, 0.25) is 0 Å². The summed E-state index contributed by atoms with van der Waals surface area (Å²) in [4.78, 5) is 20.2. The molecule has 3 aromatic carbocycles. The van der Waals surface area contributed by atoms with Crippen molar-refractivity contribution in [2.24, 2.45) is 0 Å². The lowest BCUT2D eigenvalue weighted by molar-refractivity contribution is -0.118. The zero-order valence-electron chi connectivity index (χ0n) is 15.8. The molecule has 1 heterocycles. The van der Waals surface area contributed by atoms with Gasteiger partial charge in [-0.25, -0.2) is 4.98 Å². The van der Waals surface area contributed by atoms with Crippen LogP contribution in [0.5, 0.6) is 5.75 Å². The number of amides is 1. The molecule has 1 aromatic heterocycles. The number of fused-ring (bicyclic) bond motifs is 1. The summed E-state index contributed by atoms with van der Waals surface area (Å²) in [7, 11) is 0. The molecule has 0 spiro atoms. The lowest BCUT2D eigenvalue weighted by Gasteiger charge is -2.10. The minimum absolute atomic E-state index is 0.0429. The van der Waals surface area contributed by atoms with E-state index < -0.39 is 0 Å². The largest absolute Gasteiger partial charge is 0.483 e. The van der Waals surface area contributed by atoms with Crippen molar-refractivity contribution >= 4 is 22.6 Å². The number of rotatable bonds is 5. The summed E-state index contributed by atoms with van der Waals surface area (Å²) in [6.45, 7) is 3.95. The number of para-hydroxylation sites is 2. The van der Waals surface area contributed by atoms with Crippen LogP contribution in [-0.2, 0) is 4.79 Å². The molecule has 140 valence electrons. The van der Waals surface area contributed by atoms with Crippen molar-refractivity contribution in [1.29, 1.82) is 0 Å². The van der Waals surface area contributed by atoms with Gasteiger partial charge in [0.25, 0.3) is 5.91 Å². The second-order valence-electron chi connectivity index (χ2n) is 6.79. The van der Waals surface area contributed by atoms with Crippen molar-refractivity contribution in [1.82, 2.24) is 9.97 Å². The summed E-state index contributed by atoms with van der Waals surface area (Å²) >= 11 is 0. The SMILES string of the molecule is Cc1ccc(OCC(=O)Nc2cccc(-c3nc4ccccc4[nH]3)c2)c(C)c1. The molecule has 0 atom stereocenters. The van der Waals surface area contributed by atoms with Gasteiger partial charge in [-0.15, -0.1) is 0 Å². The highest BCUT2D eigenvalue weighted by atomic mass is 16.5. The van der Waals surface area contributed by atoms with Gasteiger partial charge in [0, 0.05) is 11.3 Å². The first-order valence-electron chi connectivity index (χ1n) is 9.13. The number of nitrogens with one attached hydrogen (secondary N) is 2. The fraction of sp³-hybridized carbons (Fsp3) is 0.130. The Balaban J connectivity index is 1.44. The zero-order chi connectivity index (χ0) is 19.5. The Bertz CT molecular complexity index is 1110. The van der Waals surface area contributed by atoms with Crippen molar-refractivity contribution in [3.05, 3.63) is 77.9 Å². The van der Waals surface area contributed by atoms with Crippen LogP contribution < -0.4 is 10.1 Å². The first kappa shape index (κ1) is 17.8. The number of H-pyrrole nitrogens is 1. The molecule has 0 unspecified atom stereocenters. The number of aromatic amines is 1. The van der Waals surface area contributed by atoms with Crippen molar-refractivity contribution in [3.8, 4) is 17.1 Å². The molecule has 4 rings (SSSR count). The summed E-state index contributed by atoms with van der Waals surface area (Å²) in [5, 5.41) is 2.88. The van der Waals surface area contributed by atoms with Crippen molar-refractivity contribution in [2.45, 2.75) is 13.8 Å². The van der Waals surface area contributed by atoms with E-state index in [1.54, 1.807) is 0 Å². The van der Waals surface area contributed by atoms with Crippen LogP contribution in [0, 0.1) is 13.8 Å². The van der Waals surface area contributed by atoms with Gasteiger partial charge in [-0.1, -0.05) is 42.0 Å². The maximum atomic E-state index is 12.3.